The third-order valence-corrected chi connectivity index (χ3v) is 5.64. The number of hydrogen-bond donors (Lipinski definition) is 2. The highest BCUT2D eigenvalue weighted by molar-refractivity contribution is 7.97. The maximum Gasteiger partial charge on any atom is 0.431 e. The number of rotatable bonds is 4. The minimum absolute atomic E-state index is 0.159. The number of fused-ring (bicyclic) bond motifs is 1. The summed E-state index contributed by atoms with van der Waals surface area (Å²) in [4.78, 5) is 19.9. The first-order chi connectivity index (χ1) is 13.6. The van der Waals surface area contributed by atoms with Gasteiger partial charge in [0.1, 0.15) is 5.70 Å². The minimum Gasteiger partial charge on any atom is -0.464 e. The van der Waals surface area contributed by atoms with Crippen molar-refractivity contribution in [2.75, 3.05) is 25.7 Å². The number of benzene rings is 1. The summed E-state index contributed by atoms with van der Waals surface area (Å²) in [5, 5.41) is 20.7. The Morgan fingerprint density at radius 2 is 2.00 bits per heavy atom. The molecule has 2 N–H and O–H groups in total. The molecule has 0 amide bonds. The van der Waals surface area contributed by atoms with E-state index in [1.54, 1.807) is 13.0 Å². The molecule has 0 aliphatic carbocycles. The van der Waals surface area contributed by atoms with Crippen molar-refractivity contribution in [1.82, 2.24) is 9.37 Å². The van der Waals surface area contributed by atoms with Crippen molar-refractivity contribution in [3.63, 3.8) is 0 Å². The third-order valence-electron chi connectivity index (χ3n) is 4.53. The topological polar surface area (TPSA) is 85.7 Å². The van der Waals surface area contributed by atoms with Crippen LogP contribution in [0.1, 0.15) is 18.5 Å². The van der Waals surface area contributed by atoms with Crippen LogP contribution in [-0.4, -0.2) is 65.1 Å². The molecule has 0 aromatic heterocycles. The number of alkyl halides is 3. The average molecular weight is 435 g/mol. The van der Waals surface area contributed by atoms with E-state index in [4.69, 9.17) is 9.57 Å². The van der Waals surface area contributed by atoms with E-state index in [0.717, 1.165) is 23.9 Å². The number of aliphatic hydroxyl groups is 2. The number of carbonyl (C=O) groups excluding carboxylic acids is 1. The van der Waals surface area contributed by atoms with Gasteiger partial charge in [-0.25, -0.2) is 4.79 Å². The van der Waals surface area contributed by atoms with Gasteiger partial charge in [-0.3, -0.25) is 9.74 Å². The Labute approximate surface area is 169 Å². The second-order valence-corrected chi connectivity index (χ2v) is 7.25. The number of nitrogens with zero attached hydrogens (tertiary/aromatic N) is 3. The minimum atomic E-state index is -4.73. The van der Waals surface area contributed by atoms with Gasteiger partial charge in [-0.15, -0.1) is 4.47 Å². The molecule has 1 aromatic carbocycles. The van der Waals surface area contributed by atoms with Crippen molar-refractivity contribution < 1.29 is 37.8 Å². The zero-order chi connectivity index (χ0) is 21.5. The molecule has 2 aliphatic rings. The number of esters is 1. The predicted octanol–water partition coefficient (Wildman–Crippen LogP) is 1.97. The number of allylic oxidation sites excluding steroid dienone is 1. The molecule has 1 aromatic rings. The highest BCUT2D eigenvalue weighted by atomic mass is 32.2. The number of hydroxylamine groups is 1. The Morgan fingerprint density at radius 1 is 1.31 bits per heavy atom. The molecule has 29 heavy (non-hydrogen) atoms. The van der Waals surface area contributed by atoms with Crippen LogP contribution in [0.5, 0.6) is 0 Å². The molecule has 0 radical (unpaired) electrons. The van der Waals surface area contributed by atoms with Gasteiger partial charge in [0.25, 0.3) is 0 Å². The fraction of sp³-hybridized carbons (Fsp3) is 0.471. The Kier molecular flexibility index (Phi) is 6.01. The van der Waals surface area contributed by atoms with Crippen LogP contribution in [0.2, 0.25) is 0 Å². The van der Waals surface area contributed by atoms with E-state index in [9.17, 15) is 28.2 Å². The molecule has 0 saturated carbocycles. The summed E-state index contributed by atoms with van der Waals surface area (Å²) >= 11 is 1.16. The van der Waals surface area contributed by atoms with Gasteiger partial charge < -0.3 is 19.8 Å². The third kappa shape index (κ3) is 3.90. The maximum absolute atomic E-state index is 13.1. The SMILES string of the molecule is CCOC(=O)C1c2cc(N3C(O)C=C(C(F)(F)F)N(C)C3O)ccc2SN1OC. The van der Waals surface area contributed by atoms with Crippen molar-refractivity contribution >= 4 is 23.6 Å². The number of ether oxygens (including phenoxy) is 1. The molecule has 3 unspecified atom stereocenters. The van der Waals surface area contributed by atoms with Gasteiger partial charge in [0.15, 0.2) is 12.3 Å². The fourth-order valence-corrected chi connectivity index (χ4v) is 4.18. The first-order valence-electron chi connectivity index (χ1n) is 8.58. The Balaban J connectivity index is 1.99. The van der Waals surface area contributed by atoms with Gasteiger partial charge in [0.2, 0.25) is 6.35 Å². The van der Waals surface area contributed by atoms with Crippen molar-refractivity contribution in [1.29, 1.82) is 0 Å². The summed E-state index contributed by atoms with van der Waals surface area (Å²) in [5.41, 5.74) is -0.443. The lowest BCUT2D eigenvalue weighted by Gasteiger charge is -2.43. The Hall–Kier alpha value is -1.99. The molecule has 12 heteroatoms. The molecule has 3 atom stereocenters. The van der Waals surface area contributed by atoms with Gasteiger partial charge in [-0.05, 0) is 43.1 Å². The van der Waals surface area contributed by atoms with E-state index in [-0.39, 0.29) is 12.3 Å². The fourth-order valence-electron chi connectivity index (χ4n) is 3.20. The van der Waals surface area contributed by atoms with E-state index in [2.05, 4.69) is 0 Å². The molecular formula is C17H20F3N3O5S. The van der Waals surface area contributed by atoms with Crippen LogP contribution in [-0.2, 0) is 14.4 Å². The maximum atomic E-state index is 13.1. The second kappa shape index (κ2) is 8.03. The van der Waals surface area contributed by atoms with Crippen molar-refractivity contribution in [3.8, 4) is 0 Å². The predicted molar refractivity (Wildman–Crippen MR) is 96.9 cm³/mol. The first kappa shape index (κ1) is 21.7. The molecule has 0 bridgehead atoms. The molecule has 2 aliphatic heterocycles. The number of aliphatic hydroxyl groups excluding tert-OH is 2. The standard InChI is InChI=1S/C17H20F3N3O5S/c1-4-28-15(25)14-10-7-9(5-6-11(10)29-23(14)27-3)22-13(24)8-12(17(18,19)20)21(2)16(22)26/h5-8,13-14,16,24,26H,4H2,1-3H3. The van der Waals surface area contributed by atoms with Gasteiger partial charge in [0, 0.05) is 23.2 Å². The van der Waals surface area contributed by atoms with Gasteiger partial charge in [-0.2, -0.15) is 13.2 Å². The normalized spacial score (nSPS) is 25.1. The Bertz CT molecular complexity index is 822. The molecule has 0 saturated heterocycles. The smallest absolute Gasteiger partial charge is 0.431 e. The lowest BCUT2D eigenvalue weighted by molar-refractivity contribution is -0.160. The number of anilines is 1. The summed E-state index contributed by atoms with van der Waals surface area (Å²) in [6, 6.07) is 3.76. The highest BCUT2D eigenvalue weighted by Gasteiger charge is 2.45. The lowest BCUT2D eigenvalue weighted by Crippen LogP contribution is -2.56. The van der Waals surface area contributed by atoms with Gasteiger partial charge >= 0.3 is 12.1 Å². The molecule has 2 heterocycles. The van der Waals surface area contributed by atoms with Crippen molar-refractivity contribution in [3.05, 3.63) is 35.5 Å². The second-order valence-electron chi connectivity index (χ2n) is 6.26. The van der Waals surface area contributed by atoms with Crippen molar-refractivity contribution in [2.24, 2.45) is 0 Å². The van der Waals surface area contributed by atoms with Crippen LogP contribution in [0.4, 0.5) is 18.9 Å². The first-order valence-corrected chi connectivity index (χ1v) is 9.35. The van der Waals surface area contributed by atoms with Crippen LogP contribution in [0.25, 0.3) is 0 Å². The highest BCUT2D eigenvalue weighted by Crippen LogP contribution is 2.46. The van der Waals surface area contributed by atoms with Crippen LogP contribution in [0.3, 0.4) is 0 Å². The van der Waals surface area contributed by atoms with Gasteiger partial charge in [-0.1, -0.05) is 0 Å². The Morgan fingerprint density at radius 3 is 2.59 bits per heavy atom. The molecule has 0 fully saturated rings. The number of halogens is 3. The number of hydrogen-bond acceptors (Lipinski definition) is 9. The largest absolute Gasteiger partial charge is 0.464 e. The van der Waals surface area contributed by atoms with Crippen LogP contribution in [0.15, 0.2) is 34.9 Å². The van der Waals surface area contributed by atoms with Crippen LogP contribution < -0.4 is 4.90 Å². The molecule has 160 valence electrons. The molecule has 8 nitrogen and oxygen atoms in total. The zero-order valence-corrected chi connectivity index (χ0v) is 16.6. The quantitative estimate of drug-likeness (QED) is 0.545. The zero-order valence-electron chi connectivity index (χ0n) is 15.8. The molecule has 0 spiro atoms. The summed E-state index contributed by atoms with van der Waals surface area (Å²) in [6.07, 6.45) is -7.63. The number of carbonyl (C=O) groups is 1. The van der Waals surface area contributed by atoms with E-state index in [1.807, 2.05) is 0 Å². The summed E-state index contributed by atoms with van der Waals surface area (Å²) in [5.74, 6) is -0.561. The van der Waals surface area contributed by atoms with Crippen LogP contribution >= 0.6 is 11.9 Å². The van der Waals surface area contributed by atoms with E-state index < -0.39 is 36.5 Å². The summed E-state index contributed by atoms with van der Waals surface area (Å²) < 4.78 is 45.8. The van der Waals surface area contributed by atoms with Crippen molar-refractivity contribution in [2.45, 2.75) is 36.6 Å². The van der Waals surface area contributed by atoms with Gasteiger partial charge in [0.05, 0.1) is 13.7 Å². The van der Waals surface area contributed by atoms with E-state index >= 15 is 0 Å². The van der Waals surface area contributed by atoms with E-state index in [1.165, 1.54) is 23.7 Å². The lowest BCUT2D eigenvalue weighted by atomic mass is 10.1. The summed E-state index contributed by atoms with van der Waals surface area (Å²) in [7, 11) is 2.46. The summed E-state index contributed by atoms with van der Waals surface area (Å²) in [6.45, 7) is 1.82. The van der Waals surface area contributed by atoms with E-state index in [0.29, 0.717) is 21.4 Å². The molecule has 3 rings (SSSR count). The average Bonchev–Trinajstić information content (AvgIpc) is 3.02. The van der Waals surface area contributed by atoms with Crippen LogP contribution in [0, 0.1) is 0 Å². The monoisotopic (exact) mass is 435 g/mol. The molecular weight excluding hydrogens is 415 g/mol.